The first kappa shape index (κ1) is 18.4. The minimum atomic E-state index is -0.492. The molecule has 2 aromatic carbocycles. The normalized spacial score (nSPS) is 12.9. The molecule has 0 spiro atoms. The third kappa shape index (κ3) is 5.27. The number of amides is 2. The molecule has 0 bridgehead atoms. The number of nitro benzene ring substituents is 1. The van der Waals surface area contributed by atoms with Gasteiger partial charge in [0.1, 0.15) is 5.75 Å². The topological polar surface area (TPSA) is 111 Å². The number of hydrogen-bond donors (Lipinski definition) is 2. The van der Waals surface area contributed by atoms with Gasteiger partial charge in [-0.15, -0.1) is 0 Å². The van der Waals surface area contributed by atoms with Crippen LogP contribution in [0.1, 0.15) is 29.6 Å². The van der Waals surface area contributed by atoms with Crippen LogP contribution in [-0.4, -0.2) is 29.4 Å². The Balaban J connectivity index is 1.50. The minimum Gasteiger partial charge on any atom is -0.493 e. The maximum absolute atomic E-state index is 12.2. The van der Waals surface area contributed by atoms with Crippen LogP contribution in [0.3, 0.4) is 0 Å². The highest BCUT2D eigenvalue weighted by Crippen LogP contribution is 2.22. The fourth-order valence-corrected chi connectivity index (χ4v) is 2.42. The van der Waals surface area contributed by atoms with Gasteiger partial charge in [0.25, 0.3) is 11.6 Å². The fraction of sp³-hybridized carbons (Fsp3) is 0.263. The highest BCUT2D eigenvalue weighted by molar-refractivity contribution is 6.03. The van der Waals surface area contributed by atoms with Crippen LogP contribution in [-0.2, 0) is 4.79 Å². The van der Waals surface area contributed by atoms with Crippen LogP contribution in [0.4, 0.5) is 11.4 Å². The largest absolute Gasteiger partial charge is 0.493 e. The lowest BCUT2D eigenvalue weighted by Gasteiger charge is -2.11. The number of para-hydroxylation sites is 1. The van der Waals surface area contributed by atoms with E-state index in [1.807, 2.05) is 0 Å². The highest BCUT2D eigenvalue weighted by atomic mass is 16.6. The number of anilines is 1. The molecule has 27 heavy (non-hydrogen) atoms. The third-order valence-corrected chi connectivity index (χ3v) is 4.00. The Morgan fingerprint density at radius 1 is 1.11 bits per heavy atom. The average Bonchev–Trinajstić information content (AvgIpc) is 3.46. The van der Waals surface area contributed by atoms with Crippen LogP contribution in [0.15, 0.2) is 48.5 Å². The first-order valence-corrected chi connectivity index (χ1v) is 8.60. The Labute approximate surface area is 155 Å². The van der Waals surface area contributed by atoms with Crippen molar-refractivity contribution in [2.24, 2.45) is 0 Å². The number of nitrogens with zero attached hydrogens (tertiary/aromatic N) is 1. The first-order valence-electron chi connectivity index (χ1n) is 8.60. The van der Waals surface area contributed by atoms with Crippen LogP contribution >= 0.6 is 0 Å². The number of carbonyl (C=O) groups is 2. The van der Waals surface area contributed by atoms with Gasteiger partial charge in [-0.3, -0.25) is 19.7 Å². The van der Waals surface area contributed by atoms with E-state index in [9.17, 15) is 19.7 Å². The summed E-state index contributed by atoms with van der Waals surface area (Å²) in [6, 6.07) is 12.7. The summed E-state index contributed by atoms with van der Waals surface area (Å²) in [5, 5.41) is 16.2. The number of nitro groups is 1. The second-order valence-corrected chi connectivity index (χ2v) is 6.19. The quantitative estimate of drug-likeness (QED) is 0.549. The van der Waals surface area contributed by atoms with Crippen molar-refractivity contribution in [3.8, 4) is 5.75 Å². The summed E-state index contributed by atoms with van der Waals surface area (Å²) in [5.41, 5.74) is 0.853. The molecule has 0 atom stereocenters. The minimum absolute atomic E-state index is 0.0267. The zero-order chi connectivity index (χ0) is 19.2. The molecule has 0 heterocycles. The van der Waals surface area contributed by atoms with Crippen molar-refractivity contribution < 1.29 is 19.2 Å². The Morgan fingerprint density at radius 3 is 2.48 bits per heavy atom. The van der Waals surface area contributed by atoms with Gasteiger partial charge in [0.15, 0.2) is 0 Å². The molecular weight excluding hydrogens is 350 g/mol. The van der Waals surface area contributed by atoms with Gasteiger partial charge in [-0.2, -0.15) is 0 Å². The molecule has 1 saturated carbocycles. The standard InChI is InChI=1S/C19H19N3O5/c23-18(11-12-27-15-9-7-14(8-10-15)22(25)26)21-17-4-2-1-3-16(17)19(24)20-13-5-6-13/h1-4,7-10,13H,5-6,11-12H2,(H,20,24)(H,21,23). The summed E-state index contributed by atoms with van der Waals surface area (Å²) in [5.74, 6) is -0.0447. The van der Waals surface area contributed by atoms with Crippen LogP contribution in [0.2, 0.25) is 0 Å². The SMILES string of the molecule is O=C(CCOc1ccc([N+](=O)[O-])cc1)Nc1ccccc1C(=O)NC1CC1. The van der Waals surface area contributed by atoms with Gasteiger partial charge in [-0.05, 0) is 37.1 Å². The van der Waals surface area contributed by atoms with Crippen molar-refractivity contribution in [3.63, 3.8) is 0 Å². The number of carbonyl (C=O) groups excluding carboxylic acids is 2. The summed E-state index contributed by atoms with van der Waals surface area (Å²) in [6.45, 7) is 0.111. The van der Waals surface area contributed by atoms with Crippen LogP contribution in [0.25, 0.3) is 0 Å². The summed E-state index contributed by atoms with van der Waals surface area (Å²) < 4.78 is 5.42. The zero-order valence-corrected chi connectivity index (χ0v) is 14.5. The second-order valence-electron chi connectivity index (χ2n) is 6.19. The molecule has 0 radical (unpaired) electrons. The number of benzene rings is 2. The van der Waals surface area contributed by atoms with Crippen molar-refractivity contribution in [3.05, 3.63) is 64.2 Å². The second kappa shape index (κ2) is 8.31. The Bertz CT molecular complexity index is 847. The molecule has 8 nitrogen and oxygen atoms in total. The first-order chi connectivity index (χ1) is 13.0. The molecule has 1 fully saturated rings. The van der Waals surface area contributed by atoms with Crippen molar-refractivity contribution in [2.75, 3.05) is 11.9 Å². The summed E-state index contributed by atoms with van der Waals surface area (Å²) >= 11 is 0. The third-order valence-electron chi connectivity index (χ3n) is 4.00. The lowest BCUT2D eigenvalue weighted by atomic mass is 10.1. The molecule has 8 heteroatoms. The molecule has 1 aliphatic carbocycles. The van der Waals surface area contributed by atoms with Crippen molar-refractivity contribution >= 4 is 23.2 Å². The van der Waals surface area contributed by atoms with E-state index in [-0.39, 0.29) is 36.6 Å². The molecular formula is C19H19N3O5. The van der Waals surface area contributed by atoms with Crippen LogP contribution in [0.5, 0.6) is 5.75 Å². The number of nitrogens with one attached hydrogen (secondary N) is 2. The molecule has 3 rings (SSSR count). The molecule has 2 amide bonds. The Kier molecular flexibility index (Phi) is 5.65. The summed E-state index contributed by atoms with van der Waals surface area (Å²) in [6.07, 6.45) is 2.05. The van der Waals surface area contributed by atoms with E-state index in [2.05, 4.69) is 10.6 Å². The maximum Gasteiger partial charge on any atom is 0.269 e. The van der Waals surface area contributed by atoms with E-state index in [4.69, 9.17) is 4.74 Å². The van der Waals surface area contributed by atoms with E-state index in [0.717, 1.165) is 12.8 Å². The summed E-state index contributed by atoms with van der Waals surface area (Å²) in [4.78, 5) is 34.5. The van der Waals surface area contributed by atoms with E-state index in [0.29, 0.717) is 17.0 Å². The molecule has 2 aromatic rings. The number of non-ortho nitro benzene ring substituents is 1. The van der Waals surface area contributed by atoms with Crippen molar-refractivity contribution in [1.29, 1.82) is 0 Å². The van der Waals surface area contributed by atoms with Crippen LogP contribution < -0.4 is 15.4 Å². The average molecular weight is 369 g/mol. The van der Waals surface area contributed by atoms with Gasteiger partial charge in [0.2, 0.25) is 5.91 Å². The van der Waals surface area contributed by atoms with Crippen molar-refractivity contribution in [1.82, 2.24) is 5.32 Å². The zero-order valence-electron chi connectivity index (χ0n) is 14.5. The van der Waals surface area contributed by atoms with Gasteiger partial charge >= 0.3 is 0 Å². The van der Waals surface area contributed by atoms with E-state index < -0.39 is 4.92 Å². The highest BCUT2D eigenvalue weighted by Gasteiger charge is 2.25. The van der Waals surface area contributed by atoms with Gasteiger partial charge < -0.3 is 15.4 Å². The van der Waals surface area contributed by atoms with E-state index in [1.54, 1.807) is 24.3 Å². The van der Waals surface area contributed by atoms with E-state index >= 15 is 0 Å². The number of hydrogen-bond acceptors (Lipinski definition) is 5. The molecule has 0 unspecified atom stereocenters. The van der Waals surface area contributed by atoms with Gasteiger partial charge in [0, 0.05) is 18.2 Å². The van der Waals surface area contributed by atoms with Gasteiger partial charge in [0.05, 0.1) is 29.2 Å². The monoisotopic (exact) mass is 369 g/mol. The predicted molar refractivity (Wildman–Crippen MR) is 98.8 cm³/mol. The summed E-state index contributed by atoms with van der Waals surface area (Å²) in [7, 11) is 0. The number of rotatable bonds is 8. The molecule has 140 valence electrons. The van der Waals surface area contributed by atoms with E-state index in [1.165, 1.54) is 24.3 Å². The van der Waals surface area contributed by atoms with Crippen LogP contribution in [0, 0.1) is 10.1 Å². The smallest absolute Gasteiger partial charge is 0.269 e. The molecule has 0 saturated heterocycles. The molecule has 1 aliphatic rings. The van der Waals surface area contributed by atoms with Crippen molar-refractivity contribution in [2.45, 2.75) is 25.3 Å². The van der Waals surface area contributed by atoms with Gasteiger partial charge in [-0.1, -0.05) is 12.1 Å². The number of ether oxygens (including phenoxy) is 1. The lowest BCUT2D eigenvalue weighted by molar-refractivity contribution is -0.384. The fourth-order valence-electron chi connectivity index (χ4n) is 2.42. The Morgan fingerprint density at radius 2 is 1.81 bits per heavy atom. The Hall–Kier alpha value is -3.42. The molecule has 0 aliphatic heterocycles. The predicted octanol–water partition coefficient (Wildman–Crippen LogP) is 2.89. The lowest BCUT2D eigenvalue weighted by Crippen LogP contribution is -2.27. The maximum atomic E-state index is 12.2. The molecule has 0 aromatic heterocycles. The molecule has 2 N–H and O–H groups in total. The van der Waals surface area contributed by atoms with Gasteiger partial charge in [-0.25, -0.2) is 0 Å².